The molecule has 0 spiro atoms. The zero-order valence-corrected chi connectivity index (χ0v) is 10.8. The van der Waals surface area contributed by atoms with Crippen LogP contribution in [0.5, 0.6) is 0 Å². The average molecular weight is 265 g/mol. The van der Waals surface area contributed by atoms with E-state index in [1.54, 1.807) is 13.2 Å². The molecule has 2 aromatic heterocycles. The van der Waals surface area contributed by atoms with Gasteiger partial charge in [-0.15, -0.1) is 5.10 Å². The molecule has 8 nitrogen and oxygen atoms in total. The quantitative estimate of drug-likeness (QED) is 0.708. The number of aromatic nitrogens is 5. The predicted octanol–water partition coefficient (Wildman–Crippen LogP) is -1.74. The molecule has 0 fully saturated rings. The van der Waals surface area contributed by atoms with Gasteiger partial charge in [0.2, 0.25) is 0 Å². The van der Waals surface area contributed by atoms with Crippen molar-refractivity contribution in [2.24, 2.45) is 14.1 Å². The molecule has 0 aliphatic rings. The number of rotatable bonds is 4. The first-order valence-corrected chi connectivity index (χ1v) is 5.78. The summed E-state index contributed by atoms with van der Waals surface area (Å²) in [7, 11) is 3.03. The standard InChI is InChI=1S/C11H15N5O3/c1-14-9(5-10(18)15(2)11(14)19)7-16-6-8(3-4-17)12-13-16/h5-6,17H,3-4,7H2,1-2H3. The number of nitrogens with zero attached hydrogens (tertiary/aromatic N) is 5. The van der Waals surface area contributed by atoms with Gasteiger partial charge in [0.25, 0.3) is 5.56 Å². The van der Waals surface area contributed by atoms with Crippen LogP contribution in [0.4, 0.5) is 0 Å². The molecule has 2 heterocycles. The number of aliphatic hydroxyl groups excluding tert-OH is 1. The second-order valence-electron chi connectivity index (χ2n) is 4.26. The van der Waals surface area contributed by atoms with Gasteiger partial charge >= 0.3 is 5.69 Å². The number of hydrogen-bond acceptors (Lipinski definition) is 5. The van der Waals surface area contributed by atoms with Gasteiger partial charge in [-0.2, -0.15) is 0 Å². The van der Waals surface area contributed by atoms with Crippen molar-refractivity contribution in [2.75, 3.05) is 6.61 Å². The maximum atomic E-state index is 11.8. The lowest BCUT2D eigenvalue weighted by molar-refractivity contribution is 0.298. The number of hydrogen-bond donors (Lipinski definition) is 1. The highest BCUT2D eigenvalue weighted by Gasteiger charge is 2.08. The maximum Gasteiger partial charge on any atom is 0.330 e. The van der Waals surface area contributed by atoms with Crippen molar-refractivity contribution in [1.82, 2.24) is 24.1 Å². The van der Waals surface area contributed by atoms with Gasteiger partial charge in [-0.25, -0.2) is 9.48 Å². The number of aliphatic hydroxyl groups is 1. The van der Waals surface area contributed by atoms with Gasteiger partial charge in [0.15, 0.2) is 0 Å². The van der Waals surface area contributed by atoms with Gasteiger partial charge in [-0.1, -0.05) is 5.21 Å². The topological polar surface area (TPSA) is 94.9 Å². The molecule has 0 unspecified atom stereocenters. The highest BCUT2D eigenvalue weighted by atomic mass is 16.3. The van der Waals surface area contributed by atoms with E-state index in [2.05, 4.69) is 10.3 Å². The molecule has 0 aromatic carbocycles. The Bertz CT molecular complexity index is 697. The minimum Gasteiger partial charge on any atom is -0.396 e. The Kier molecular flexibility index (Phi) is 3.61. The van der Waals surface area contributed by atoms with Gasteiger partial charge in [0.05, 0.1) is 12.2 Å². The summed E-state index contributed by atoms with van der Waals surface area (Å²) in [6, 6.07) is 1.40. The highest BCUT2D eigenvalue weighted by molar-refractivity contribution is 5.03. The summed E-state index contributed by atoms with van der Waals surface area (Å²) in [4.78, 5) is 23.3. The second kappa shape index (κ2) is 5.19. The van der Waals surface area contributed by atoms with E-state index < -0.39 is 0 Å². The van der Waals surface area contributed by atoms with Crippen LogP contribution in [0.15, 0.2) is 21.9 Å². The van der Waals surface area contributed by atoms with Crippen molar-refractivity contribution in [1.29, 1.82) is 0 Å². The minimum atomic E-state index is -0.377. The summed E-state index contributed by atoms with van der Waals surface area (Å²) in [6.45, 7) is 0.281. The summed E-state index contributed by atoms with van der Waals surface area (Å²) in [5.74, 6) is 0. The molecular weight excluding hydrogens is 250 g/mol. The summed E-state index contributed by atoms with van der Waals surface area (Å²) in [5, 5.41) is 16.6. The van der Waals surface area contributed by atoms with Crippen molar-refractivity contribution in [2.45, 2.75) is 13.0 Å². The third-order valence-electron chi connectivity index (χ3n) is 2.90. The van der Waals surface area contributed by atoms with E-state index >= 15 is 0 Å². The van der Waals surface area contributed by atoms with Crippen molar-refractivity contribution in [3.63, 3.8) is 0 Å². The summed E-state index contributed by atoms with van der Waals surface area (Å²) in [6.07, 6.45) is 2.10. The monoisotopic (exact) mass is 265 g/mol. The van der Waals surface area contributed by atoms with Crippen LogP contribution in [-0.2, 0) is 27.1 Å². The zero-order valence-electron chi connectivity index (χ0n) is 10.8. The molecule has 0 aliphatic carbocycles. The molecule has 19 heavy (non-hydrogen) atoms. The lowest BCUT2D eigenvalue weighted by Crippen LogP contribution is -2.38. The molecule has 0 radical (unpaired) electrons. The Labute approximate surface area is 108 Å². The lowest BCUT2D eigenvalue weighted by Gasteiger charge is -2.08. The molecule has 0 aliphatic heterocycles. The van der Waals surface area contributed by atoms with Crippen LogP contribution in [0.3, 0.4) is 0 Å². The molecular formula is C11H15N5O3. The highest BCUT2D eigenvalue weighted by Crippen LogP contribution is 1.98. The first kappa shape index (κ1) is 13.2. The van der Waals surface area contributed by atoms with E-state index in [4.69, 9.17) is 5.11 Å². The molecule has 2 aromatic rings. The fraction of sp³-hybridized carbons (Fsp3) is 0.455. The second-order valence-corrected chi connectivity index (χ2v) is 4.26. The Balaban J connectivity index is 2.33. The third kappa shape index (κ3) is 2.63. The normalized spacial score (nSPS) is 10.9. The molecule has 8 heteroatoms. The van der Waals surface area contributed by atoms with E-state index in [-0.39, 0.29) is 24.4 Å². The van der Waals surface area contributed by atoms with Crippen molar-refractivity contribution in [3.05, 3.63) is 44.5 Å². The zero-order chi connectivity index (χ0) is 14.0. The van der Waals surface area contributed by atoms with Crippen LogP contribution < -0.4 is 11.2 Å². The van der Waals surface area contributed by atoms with Gasteiger partial charge in [0.1, 0.15) is 0 Å². The Morgan fingerprint density at radius 1 is 1.26 bits per heavy atom. The van der Waals surface area contributed by atoms with Gasteiger partial charge in [0, 0.05) is 45.1 Å². The summed E-state index contributed by atoms with van der Waals surface area (Å²) >= 11 is 0. The average Bonchev–Trinajstić information content (AvgIpc) is 2.81. The van der Waals surface area contributed by atoms with Gasteiger partial charge < -0.3 is 5.11 Å². The Morgan fingerprint density at radius 3 is 2.68 bits per heavy atom. The van der Waals surface area contributed by atoms with Crippen LogP contribution >= 0.6 is 0 Å². The largest absolute Gasteiger partial charge is 0.396 e. The smallest absolute Gasteiger partial charge is 0.330 e. The van der Waals surface area contributed by atoms with E-state index in [0.29, 0.717) is 17.8 Å². The van der Waals surface area contributed by atoms with Gasteiger partial charge in [-0.3, -0.25) is 13.9 Å². The van der Waals surface area contributed by atoms with E-state index in [9.17, 15) is 9.59 Å². The summed E-state index contributed by atoms with van der Waals surface area (Å²) < 4.78 is 3.97. The molecule has 0 amide bonds. The Morgan fingerprint density at radius 2 is 2.00 bits per heavy atom. The van der Waals surface area contributed by atoms with E-state index in [1.807, 2.05) is 0 Å². The van der Waals surface area contributed by atoms with Gasteiger partial charge in [-0.05, 0) is 0 Å². The molecule has 0 saturated heterocycles. The Hall–Kier alpha value is -2.22. The first-order chi connectivity index (χ1) is 9.02. The van der Waals surface area contributed by atoms with Crippen molar-refractivity contribution >= 4 is 0 Å². The predicted molar refractivity (Wildman–Crippen MR) is 66.8 cm³/mol. The molecule has 0 bridgehead atoms. The van der Waals surface area contributed by atoms with Crippen LogP contribution in [0, 0.1) is 0 Å². The fourth-order valence-corrected chi connectivity index (χ4v) is 1.74. The molecule has 102 valence electrons. The van der Waals surface area contributed by atoms with Crippen LogP contribution in [0.25, 0.3) is 0 Å². The van der Waals surface area contributed by atoms with Crippen molar-refractivity contribution in [3.8, 4) is 0 Å². The van der Waals surface area contributed by atoms with Crippen molar-refractivity contribution < 1.29 is 5.11 Å². The van der Waals surface area contributed by atoms with Crippen LogP contribution in [-0.4, -0.2) is 35.8 Å². The van der Waals surface area contributed by atoms with Crippen LogP contribution in [0.1, 0.15) is 11.4 Å². The van der Waals surface area contributed by atoms with E-state index in [0.717, 1.165) is 4.57 Å². The summed E-state index contributed by atoms with van der Waals surface area (Å²) in [5.41, 5.74) is 0.483. The SMILES string of the molecule is Cn1c(Cn2cc(CCO)nn2)cc(=O)n(C)c1=O. The minimum absolute atomic E-state index is 0.00303. The maximum absolute atomic E-state index is 11.8. The molecule has 2 rings (SSSR count). The molecule has 0 saturated carbocycles. The molecule has 1 N–H and O–H groups in total. The van der Waals surface area contributed by atoms with E-state index in [1.165, 1.54) is 22.4 Å². The lowest BCUT2D eigenvalue weighted by atomic mass is 10.3. The fourth-order valence-electron chi connectivity index (χ4n) is 1.74. The molecule has 0 atom stereocenters. The first-order valence-electron chi connectivity index (χ1n) is 5.78. The third-order valence-corrected chi connectivity index (χ3v) is 2.90. The van der Waals surface area contributed by atoms with Crippen LogP contribution in [0.2, 0.25) is 0 Å².